The van der Waals surface area contributed by atoms with E-state index in [2.05, 4.69) is 4.74 Å². The van der Waals surface area contributed by atoms with Crippen molar-refractivity contribution in [1.82, 2.24) is 4.90 Å². The zero-order chi connectivity index (χ0) is 11.3. The van der Waals surface area contributed by atoms with Gasteiger partial charge in [-0.25, -0.2) is 9.59 Å². The van der Waals surface area contributed by atoms with Crippen LogP contribution in [0, 0.1) is 0 Å². The Bertz CT molecular complexity index is 276. The average molecular weight is 215 g/mol. The number of nitrogens with zero attached hydrogens (tertiary/aromatic N) is 1. The number of carbonyl (C=O) groups excluding carboxylic acids is 1. The van der Waals surface area contributed by atoms with Crippen LogP contribution in [0.2, 0.25) is 0 Å². The van der Waals surface area contributed by atoms with Crippen LogP contribution >= 0.6 is 0 Å². The minimum absolute atomic E-state index is 0.239. The minimum atomic E-state index is -0.977. The van der Waals surface area contributed by atoms with E-state index >= 15 is 0 Å². The van der Waals surface area contributed by atoms with Crippen molar-refractivity contribution in [3.05, 3.63) is 12.2 Å². The number of morpholine rings is 1. The second-order valence-corrected chi connectivity index (χ2v) is 3.02. The van der Waals surface area contributed by atoms with Gasteiger partial charge in [-0.2, -0.15) is 0 Å². The number of ether oxygens (including phenoxy) is 2. The molecule has 84 valence electrons. The number of carbonyl (C=O) groups is 2. The summed E-state index contributed by atoms with van der Waals surface area (Å²) in [5, 5.41) is 8.73. The summed E-state index contributed by atoms with van der Waals surface area (Å²) in [5.41, 5.74) is 0. The molecule has 0 aliphatic carbocycles. The lowest BCUT2D eigenvalue weighted by molar-refractivity contribution is -0.134. The molecule has 0 aromatic rings. The van der Waals surface area contributed by atoms with Gasteiger partial charge in [0.25, 0.3) is 0 Å². The molecule has 1 saturated heterocycles. The molecular formula is C9H13NO5. The molecule has 1 amide bonds. The number of hydrogen-bond donors (Lipinski definition) is 1. The monoisotopic (exact) mass is 215 g/mol. The lowest BCUT2D eigenvalue weighted by Gasteiger charge is -2.29. The molecule has 0 radical (unpaired) electrons. The zero-order valence-electron chi connectivity index (χ0n) is 8.38. The van der Waals surface area contributed by atoms with Crippen LogP contribution in [0.4, 0.5) is 4.79 Å². The normalized spacial score (nSPS) is 21.7. The summed E-state index contributed by atoms with van der Waals surface area (Å²) < 4.78 is 9.66. The molecule has 0 bridgehead atoms. The van der Waals surface area contributed by atoms with Gasteiger partial charge >= 0.3 is 12.1 Å². The van der Waals surface area contributed by atoms with E-state index < -0.39 is 12.1 Å². The third kappa shape index (κ3) is 3.59. The van der Waals surface area contributed by atoms with Gasteiger partial charge in [-0.05, 0) is 6.08 Å². The molecular weight excluding hydrogens is 202 g/mol. The maximum absolute atomic E-state index is 10.8. The molecule has 6 nitrogen and oxygen atoms in total. The van der Waals surface area contributed by atoms with Gasteiger partial charge in [0.1, 0.15) is 0 Å². The maximum atomic E-state index is 10.8. The Morgan fingerprint density at radius 3 is 2.93 bits per heavy atom. The van der Waals surface area contributed by atoms with Gasteiger partial charge in [-0.1, -0.05) is 0 Å². The lowest BCUT2D eigenvalue weighted by atomic mass is 10.2. The third-order valence-corrected chi connectivity index (χ3v) is 2.01. The molecule has 0 aromatic heterocycles. The van der Waals surface area contributed by atoms with E-state index in [-0.39, 0.29) is 12.6 Å². The molecule has 1 atom stereocenters. The molecule has 0 spiro atoms. The van der Waals surface area contributed by atoms with Crippen LogP contribution in [0.15, 0.2) is 12.2 Å². The summed E-state index contributed by atoms with van der Waals surface area (Å²) in [6.07, 6.45) is 1.38. The van der Waals surface area contributed by atoms with Crippen molar-refractivity contribution in [2.45, 2.75) is 6.10 Å². The zero-order valence-corrected chi connectivity index (χ0v) is 8.38. The number of amides is 1. The number of rotatable bonds is 2. The first-order valence-electron chi connectivity index (χ1n) is 4.49. The smallest absolute Gasteiger partial charge is 0.407 e. The summed E-state index contributed by atoms with van der Waals surface area (Å²) in [7, 11) is 1.28. The molecule has 0 aromatic carbocycles. The van der Waals surface area contributed by atoms with Crippen LogP contribution in [0.3, 0.4) is 0 Å². The second-order valence-electron chi connectivity index (χ2n) is 3.02. The van der Waals surface area contributed by atoms with Crippen LogP contribution in [-0.2, 0) is 14.3 Å². The largest absolute Gasteiger partial charge is 0.466 e. The van der Waals surface area contributed by atoms with Gasteiger partial charge in [0, 0.05) is 12.6 Å². The molecule has 0 unspecified atom stereocenters. The van der Waals surface area contributed by atoms with Crippen molar-refractivity contribution in [3.63, 3.8) is 0 Å². The van der Waals surface area contributed by atoms with Crippen LogP contribution in [-0.4, -0.2) is 55.0 Å². The SMILES string of the molecule is COC(=O)C=C[C@H]1CN(C(=O)O)CCO1. The topological polar surface area (TPSA) is 76.1 Å². The van der Waals surface area contributed by atoms with Crippen LogP contribution in [0.1, 0.15) is 0 Å². The molecule has 1 aliphatic rings. The van der Waals surface area contributed by atoms with E-state index in [1.165, 1.54) is 24.2 Å². The van der Waals surface area contributed by atoms with E-state index in [1.54, 1.807) is 0 Å². The first-order chi connectivity index (χ1) is 7.13. The van der Waals surface area contributed by atoms with Crippen molar-refractivity contribution in [2.75, 3.05) is 26.8 Å². The summed E-state index contributed by atoms with van der Waals surface area (Å²) in [6.45, 7) is 0.934. The highest BCUT2D eigenvalue weighted by Crippen LogP contribution is 2.06. The number of esters is 1. The van der Waals surface area contributed by atoms with Crippen molar-refractivity contribution >= 4 is 12.1 Å². The van der Waals surface area contributed by atoms with E-state index in [9.17, 15) is 9.59 Å². The predicted molar refractivity (Wildman–Crippen MR) is 50.5 cm³/mol. The molecule has 0 saturated carbocycles. The summed E-state index contributed by atoms with van der Waals surface area (Å²) >= 11 is 0. The summed E-state index contributed by atoms with van der Waals surface area (Å²) in [4.78, 5) is 22.7. The Hall–Kier alpha value is -1.56. The van der Waals surface area contributed by atoms with Crippen LogP contribution in [0.5, 0.6) is 0 Å². The molecule has 1 N–H and O–H groups in total. The van der Waals surface area contributed by atoms with Crippen LogP contribution in [0.25, 0.3) is 0 Å². The van der Waals surface area contributed by atoms with E-state index in [4.69, 9.17) is 9.84 Å². The third-order valence-electron chi connectivity index (χ3n) is 2.01. The lowest BCUT2D eigenvalue weighted by Crippen LogP contribution is -2.44. The van der Waals surface area contributed by atoms with Gasteiger partial charge in [-0.3, -0.25) is 0 Å². The fourth-order valence-electron chi connectivity index (χ4n) is 1.22. The predicted octanol–water partition coefficient (Wildman–Crippen LogP) is 0.0944. The van der Waals surface area contributed by atoms with Gasteiger partial charge in [-0.15, -0.1) is 0 Å². The van der Waals surface area contributed by atoms with Crippen molar-refractivity contribution in [1.29, 1.82) is 0 Å². The molecule has 1 heterocycles. The molecule has 6 heteroatoms. The quantitative estimate of drug-likeness (QED) is 0.522. The maximum Gasteiger partial charge on any atom is 0.407 e. The average Bonchev–Trinajstić information content (AvgIpc) is 2.26. The Morgan fingerprint density at radius 1 is 1.60 bits per heavy atom. The second kappa shape index (κ2) is 5.35. The highest BCUT2D eigenvalue weighted by molar-refractivity contribution is 5.81. The van der Waals surface area contributed by atoms with Gasteiger partial charge in [0.05, 0.1) is 26.4 Å². The summed E-state index contributed by atoms with van der Waals surface area (Å²) in [5.74, 6) is -0.481. The number of carboxylic acid groups (broad SMARTS) is 1. The van der Waals surface area contributed by atoms with Crippen molar-refractivity contribution in [2.24, 2.45) is 0 Å². The van der Waals surface area contributed by atoms with E-state index in [1.807, 2.05) is 0 Å². The highest BCUT2D eigenvalue weighted by atomic mass is 16.5. The Balaban J connectivity index is 2.46. The standard InChI is InChI=1S/C9H13NO5/c1-14-8(11)3-2-7-6-10(9(12)13)4-5-15-7/h2-3,7H,4-6H2,1H3,(H,12,13)/t7-/m0/s1. The fraction of sp³-hybridized carbons (Fsp3) is 0.556. The van der Waals surface area contributed by atoms with E-state index in [0.717, 1.165) is 0 Å². The van der Waals surface area contributed by atoms with Crippen molar-refractivity contribution < 1.29 is 24.2 Å². The van der Waals surface area contributed by atoms with Gasteiger partial charge < -0.3 is 19.5 Å². The van der Waals surface area contributed by atoms with Crippen LogP contribution < -0.4 is 0 Å². The van der Waals surface area contributed by atoms with Gasteiger partial charge in [0.15, 0.2) is 0 Å². The number of hydrogen-bond acceptors (Lipinski definition) is 4. The Morgan fingerprint density at radius 2 is 2.33 bits per heavy atom. The first kappa shape index (κ1) is 11.5. The first-order valence-corrected chi connectivity index (χ1v) is 4.49. The van der Waals surface area contributed by atoms with Gasteiger partial charge in [0.2, 0.25) is 0 Å². The summed E-state index contributed by atoms with van der Waals surface area (Å²) in [6, 6.07) is 0. The molecule has 15 heavy (non-hydrogen) atoms. The fourth-order valence-corrected chi connectivity index (χ4v) is 1.22. The molecule has 1 aliphatic heterocycles. The minimum Gasteiger partial charge on any atom is -0.466 e. The Labute approximate surface area is 87.1 Å². The number of methoxy groups -OCH3 is 1. The highest BCUT2D eigenvalue weighted by Gasteiger charge is 2.21. The molecule has 1 rings (SSSR count). The van der Waals surface area contributed by atoms with E-state index in [0.29, 0.717) is 13.2 Å². The Kier molecular flexibility index (Phi) is 4.11. The molecule has 1 fully saturated rings. The van der Waals surface area contributed by atoms with Crippen molar-refractivity contribution in [3.8, 4) is 0 Å².